The van der Waals surface area contributed by atoms with Gasteiger partial charge in [-0.3, -0.25) is 9.59 Å². The predicted molar refractivity (Wildman–Crippen MR) is 97.1 cm³/mol. The molecule has 0 aromatic heterocycles. The van der Waals surface area contributed by atoms with Gasteiger partial charge in [0.2, 0.25) is 11.8 Å². The van der Waals surface area contributed by atoms with Crippen LogP contribution < -0.4 is 0 Å². The van der Waals surface area contributed by atoms with E-state index < -0.39 is 0 Å². The average Bonchev–Trinajstić information content (AvgIpc) is 2.59. The van der Waals surface area contributed by atoms with Crippen molar-refractivity contribution in [2.24, 2.45) is 5.92 Å². The van der Waals surface area contributed by atoms with Crippen LogP contribution in [0.2, 0.25) is 10.0 Å². The van der Waals surface area contributed by atoms with Gasteiger partial charge in [-0.1, -0.05) is 35.8 Å². The van der Waals surface area contributed by atoms with Crippen LogP contribution in [-0.4, -0.2) is 41.8 Å². The Labute approximate surface area is 153 Å². The molecule has 1 aliphatic heterocycles. The van der Waals surface area contributed by atoms with E-state index in [1.807, 2.05) is 13.0 Å². The van der Waals surface area contributed by atoms with Gasteiger partial charge in [0.05, 0.1) is 6.04 Å². The number of rotatable bonds is 4. The highest BCUT2D eigenvalue weighted by Crippen LogP contribution is 2.31. The molecule has 0 bridgehead atoms. The van der Waals surface area contributed by atoms with E-state index in [4.69, 9.17) is 23.2 Å². The zero-order chi connectivity index (χ0) is 17.9. The lowest BCUT2D eigenvalue weighted by molar-refractivity contribution is -0.139. The lowest BCUT2D eigenvalue weighted by Crippen LogP contribution is -2.43. The molecular formula is C18H22Cl2N2O2. The molecule has 1 unspecified atom stereocenters. The van der Waals surface area contributed by atoms with Gasteiger partial charge in [0, 0.05) is 36.1 Å². The third-order valence-electron chi connectivity index (χ3n) is 4.67. The van der Waals surface area contributed by atoms with Crippen molar-refractivity contribution in [3.63, 3.8) is 0 Å². The number of amides is 2. The standard InChI is InChI=1S/C18H22Cl2N2O2/c1-4-17(23)22-9-7-13(8-10-22)18(24)21(3)12(2)15-6-5-14(19)11-16(15)20/h4-6,11-13H,1,7-10H2,2-3H3. The SMILES string of the molecule is C=CC(=O)N1CCC(C(=O)N(C)C(C)c2ccc(Cl)cc2Cl)CC1. The van der Waals surface area contributed by atoms with Gasteiger partial charge in [0.15, 0.2) is 0 Å². The Morgan fingerprint density at radius 1 is 1.33 bits per heavy atom. The Morgan fingerprint density at radius 3 is 2.50 bits per heavy atom. The molecule has 1 atom stereocenters. The molecule has 1 saturated heterocycles. The van der Waals surface area contributed by atoms with Gasteiger partial charge in [-0.25, -0.2) is 0 Å². The molecule has 6 heteroatoms. The van der Waals surface area contributed by atoms with Crippen molar-refractivity contribution in [3.8, 4) is 0 Å². The number of hydrogen-bond acceptors (Lipinski definition) is 2. The summed E-state index contributed by atoms with van der Waals surface area (Å²) in [4.78, 5) is 27.9. The van der Waals surface area contributed by atoms with E-state index >= 15 is 0 Å². The average molecular weight is 369 g/mol. The van der Waals surface area contributed by atoms with Crippen LogP contribution in [0.3, 0.4) is 0 Å². The first-order valence-electron chi connectivity index (χ1n) is 7.98. The molecule has 1 aromatic rings. The van der Waals surface area contributed by atoms with Gasteiger partial charge >= 0.3 is 0 Å². The van der Waals surface area contributed by atoms with Crippen molar-refractivity contribution in [2.45, 2.75) is 25.8 Å². The molecule has 2 rings (SSSR count). The lowest BCUT2D eigenvalue weighted by atomic mass is 9.94. The summed E-state index contributed by atoms with van der Waals surface area (Å²) in [6.45, 7) is 6.63. The van der Waals surface area contributed by atoms with Crippen LogP contribution in [0.25, 0.3) is 0 Å². The number of halogens is 2. The lowest BCUT2D eigenvalue weighted by Gasteiger charge is -2.35. The van der Waals surface area contributed by atoms with Crippen molar-refractivity contribution in [1.29, 1.82) is 0 Å². The van der Waals surface area contributed by atoms with Crippen LogP contribution in [0.4, 0.5) is 0 Å². The third kappa shape index (κ3) is 4.11. The van der Waals surface area contributed by atoms with E-state index in [0.29, 0.717) is 36.0 Å². The molecule has 2 amide bonds. The summed E-state index contributed by atoms with van der Waals surface area (Å²) >= 11 is 12.2. The Hall–Kier alpha value is -1.52. The van der Waals surface area contributed by atoms with E-state index in [9.17, 15) is 9.59 Å². The van der Waals surface area contributed by atoms with E-state index in [0.717, 1.165) is 5.56 Å². The molecule has 1 heterocycles. The summed E-state index contributed by atoms with van der Waals surface area (Å²) in [6.07, 6.45) is 2.66. The Balaban J connectivity index is 2.02. The van der Waals surface area contributed by atoms with Gasteiger partial charge in [0.25, 0.3) is 0 Å². The second-order valence-corrected chi connectivity index (χ2v) is 6.94. The van der Waals surface area contributed by atoms with E-state index in [1.165, 1.54) is 6.08 Å². The normalized spacial score (nSPS) is 16.6. The maximum absolute atomic E-state index is 12.8. The Kier molecular flexibility index (Phi) is 6.30. The van der Waals surface area contributed by atoms with Crippen molar-refractivity contribution < 1.29 is 9.59 Å². The third-order valence-corrected chi connectivity index (χ3v) is 5.23. The Bertz CT molecular complexity index is 640. The topological polar surface area (TPSA) is 40.6 Å². The number of piperidine rings is 1. The molecule has 1 aromatic carbocycles. The van der Waals surface area contributed by atoms with Crippen LogP contribution in [0.1, 0.15) is 31.4 Å². The maximum Gasteiger partial charge on any atom is 0.245 e. The van der Waals surface area contributed by atoms with Crippen molar-refractivity contribution in [1.82, 2.24) is 9.80 Å². The molecule has 130 valence electrons. The first-order valence-corrected chi connectivity index (χ1v) is 8.73. The van der Waals surface area contributed by atoms with E-state index in [-0.39, 0.29) is 23.8 Å². The first kappa shape index (κ1) is 18.8. The molecule has 1 aliphatic rings. The number of hydrogen-bond donors (Lipinski definition) is 0. The summed E-state index contributed by atoms with van der Waals surface area (Å²) in [6, 6.07) is 5.17. The minimum atomic E-state index is -0.143. The van der Waals surface area contributed by atoms with Gasteiger partial charge in [0.1, 0.15) is 0 Å². The zero-order valence-electron chi connectivity index (χ0n) is 14.0. The maximum atomic E-state index is 12.8. The smallest absolute Gasteiger partial charge is 0.245 e. The predicted octanol–water partition coefficient (Wildman–Crippen LogP) is 3.94. The second kappa shape index (κ2) is 8.04. The summed E-state index contributed by atoms with van der Waals surface area (Å²) in [5, 5.41) is 1.13. The highest BCUT2D eigenvalue weighted by atomic mass is 35.5. The van der Waals surface area contributed by atoms with Crippen LogP contribution >= 0.6 is 23.2 Å². The summed E-state index contributed by atoms with van der Waals surface area (Å²) in [7, 11) is 1.79. The fourth-order valence-corrected chi connectivity index (χ4v) is 3.57. The van der Waals surface area contributed by atoms with E-state index in [2.05, 4.69) is 6.58 Å². The molecule has 0 aliphatic carbocycles. The largest absolute Gasteiger partial charge is 0.339 e. The Morgan fingerprint density at radius 2 is 1.96 bits per heavy atom. The zero-order valence-corrected chi connectivity index (χ0v) is 15.5. The number of carbonyl (C=O) groups is 2. The summed E-state index contributed by atoms with van der Waals surface area (Å²) in [5.41, 5.74) is 0.871. The first-order chi connectivity index (χ1) is 11.3. The number of carbonyl (C=O) groups excluding carboxylic acids is 2. The second-order valence-electron chi connectivity index (χ2n) is 6.09. The van der Waals surface area contributed by atoms with Gasteiger partial charge in [-0.05, 0) is 43.5 Å². The molecular weight excluding hydrogens is 347 g/mol. The molecule has 4 nitrogen and oxygen atoms in total. The van der Waals surface area contributed by atoms with Gasteiger partial charge < -0.3 is 9.80 Å². The van der Waals surface area contributed by atoms with Crippen LogP contribution in [-0.2, 0) is 9.59 Å². The van der Waals surface area contributed by atoms with Crippen molar-refractivity contribution in [2.75, 3.05) is 20.1 Å². The molecule has 0 radical (unpaired) electrons. The number of benzene rings is 1. The summed E-state index contributed by atoms with van der Waals surface area (Å²) in [5.74, 6) is -0.0628. The number of likely N-dealkylation sites (tertiary alicyclic amines) is 1. The molecule has 24 heavy (non-hydrogen) atoms. The minimum Gasteiger partial charge on any atom is -0.339 e. The van der Waals surface area contributed by atoms with Crippen LogP contribution in [0.5, 0.6) is 0 Å². The van der Waals surface area contributed by atoms with Crippen LogP contribution in [0, 0.1) is 5.92 Å². The monoisotopic (exact) mass is 368 g/mol. The fraction of sp³-hybridized carbons (Fsp3) is 0.444. The molecule has 1 fully saturated rings. The molecule has 0 N–H and O–H groups in total. The molecule has 0 spiro atoms. The fourth-order valence-electron chi connectivity index (χ4n) is 3.00. The van der Waals surface area contributed by atoms with Crippen molar-refractivity contribution >= 4 is 35.0 Å². The number of nitrogens with zero attached hydrogens (tertiary/aromatic N) is 2. The summed E-state index contributed by atoms with van der Waals surface area (Å²) < 4.78 is 0. The molecule has 0 saturated carbocycles. The van der Waals surface area contributed by atoms with E-state index in [1.54, 1.807) is 29.0 Å². The highest BCUT2D eigenvalue weighted by Gasteiger charge is 2.30. The quantitative estimate of drug-likeness (QED) is 0.755. The highest BCUT2D eigenvalue weighted by molar-refractivity contribution is 6.35. The van der Waals surface area contributed by atoms with Gasteiger partial charge in [-0.15, -0.1) is 0 Å². The van der Waals surface area contributed by atoms with Crippen molar-refractivity contribution in [3.05, 3.63) is 46.5 Å². The van der Waals surface area contributed by atoms with Gasteiger partial charge in [-0.2, -0.15) is 0 Å². The van der Waals surface area contributed by atoms with Crippen LogP contribution in [0.15, 0.2) is 30.9 Å². The minimum absolute atomic E-state index is 0.0719.